The maximum absolute atomic E-state index is 9.60. The van der Waals surface area contributed by atoms with Crippen LogP contribution in [0.5, 0.6) is 0 Å². The standard InChI is InChI=1S/C6H12.4C4H6O2/c1-2-4-6-5-3-1;4*1-3(2)4(5)6/h1-6H2;4*1H2,2H3,(H,5,6). The molecule has 1 aliphatic rings. The van der Waals surface area contributed by atoms with Gasteiger partial charge in [-0.25, -0.2) is 19.2 Å². The van der Waals surface area contributed by atoms with Crippen LogP contribution in [0.25, 0.3) is 0 Å². The van der Waals surface area contributed by atoms with Gasteiger partial charge < -0.3 is 20.4 Å². The highest BCUT2D eigenvalue weighted by Gasteiger charge is 1.95. The number of carboxylic acid groups (broad SMARTS) is 4. The zero-order chi connectivity index (χ0) is 24.9. The van der Waals surface area contributed by atoms with Gasteiger partial charge in [-0.1, -0.05) is 64.8 Å². The van der Waals surface area contributed by atoms with E-state index >= 15 is 0 Å². The monoisotopic (exact) mass is 428 g/mol. The summed E-state index contributed by atoms with van der Waals surface area (Å²) in [5.41, 5.74) is 0.704. The van der Waals surface area contributed by atoms with Crippen molar-refractivity contribution in [1.29, 1.82) is 0 Å². The molecule has 0 atom stereocenters. The van der Waals surface area contributed by atoms with Crippen molar-refractivity contribution in [1.82, 2.24) is 0 Å². The van der Waals surface area contributed by atoms with E-state index in [0.29, 0.717) is 0 Å². The average molecular weight is 429 g/mol. The molecule has 0 heterocycles. The van der Waals surface area contributed by atoms with Crippen LogP contribution in [0.4, 0.5) is 0 Å². The van der Waals surface area contributed by atoms with E-state index in [2.05, 4.69) is 26.3 Å². The Hall–Kier alpha value is -3.16. The van der Waals surface area contributed by atoms with Gasteiger partial charge in [0.25, 0.3) is 0 Å². The molecule has 172 valence electrons. The Labute approximate surface area is 178 Å². The summed E-state index contributed by atoms with van der Waals surface area (Å²) in [7, 11) is 0. The summed E-state index contributed by atoms with van der Waals surface area (Å²) in [6, 6.07) is 0. The summed E-state index contributed by atoms with van der Waals surface area (Å²) in [5, 5.41) is 31.6. The Morgan fingerprint density at radius 3 is 0.533 bits per heavy atom. The molecule has 1 saturated carbocycles. The predicted molar refractivity (Wildman–Crippen MR) is 118 cm³/mol. The Kier molecular flexibility index (Phi) is 25.3. The average Bonchev–Trinajstić information content (AvgIpc) is 2.64. The Morgan fingerprint density at radius 2 is 0.500 bits per heavy atom. The van der Waals surface area contributed by atoms with Crippen molar-refractivity contribution < 1.29 is 39.6 Å². The Balaban J connectivity index is -0.000000141. The molecule has 0 aromatic carbocycles. The van der Waals surface area contributed by atoms with E-state index in [1.807, 2.05) is 0 Å². The molecule has 0 bridgehead atoms. The van der Waals surface area contributed by atoms with Crippen molar-refractivity contribution in [2.24, 2.45) is 0 Å². The summed E-state index contributed by atoms with van der Waals surface area (Å²) in [4.78, 5) is 38.4. The highest BCUT2D eigenvalue weighted by Crippen LogP contribution is 2.15. The lowest BCUT2D eigenvalue weighted by molar-refractivity contribution is -0.133. The van der Waals surface area contributed by atoms with Crippen LogP contribution in [0.1, 0.15) is 66.2 Å². The van der Waals surface area contributed by atoms with Crippen molar-refractivity contribution in [3.8, 4) is 0 Å². The van der Waals surface area contributed by atoms with E-state index in [1.54, 1.807) is 0 Å². The van der Waals surface area contributed by atoms with Crippen LogP contribution >= 0.6 is 0 Å². The molecule has 0 saturated heterocycles. The second kappa shape index (κ2) is 22.1. The summed E-state index contributed by atoms with van der Waals surface area (Å²) in [6.45, 7) is 18.4. The van der Waals surface area contributed by atoms with Crippen LogP contribution in [0, 0.1) is 0 Å². The molecule has 0 aromatic rings. The minimum atomic E-state index is -0.935. The SMILES string of the molecule is C1CCCCC1.C=C(C)C(=O)O.C=C(C)C(=O)O.C=C(C)C(=O)O.C=C(C)C(=O)O. The van der Waals surface area contributed by atoms with E-state index < -0.39 is 23.9 Å². The fraction of sp³-hybridized carbons (Fsp3) is 0.455. The third-order valence-corrected chi connectivity index (χ3v) is 2.96. The molecule has 0 radical (unpaired) electrons. The third kappa shape index (κ3) is 39.8. The lowest BCUT2D eigenvalue weighted by atomic mass is 10.0. The lowest BCUT2D eigenvalue weighted by Crippen LogP contribution is -1.92. The number of carboxylic acids is 4. The van der Waals surface area contributed by atoms with Gasteiger partial charge in [0.1, 0.15) is 0 Å². The topological polar surface area (TPSA) is 149 Å². The minimum Gasteiger partial charge on any atom is -0.478 e. The maximum atomic E-state index is 9.60. The molecule has 8 heteroatoms. The number of carbonyl (C=O) groups is 4. The molecular formula is C22H36O8. The Morgan fingerprint density at radius 1 is 0.433 bits per heavy atom. The van der Waals surface area contributed by atoms with Crippen LogP contribution in [-0.2, 0) is 19.2 Å². The van der Waals surface area contributed by atoms with Gasteiger partial charge >= 0.3 is 23.9 Å². The molecule has 1 fully saturated rings. The molecule has 0 unspecified atom stereocenters. The first-order valence-electron chi connectivity index (χ1n) is 9.13. The van der Waals surface area contributed by atoms with Crippen LogP contribution in [0.2, 0.25) is 0 Å². The summed E-state index contributed by atoms with van der Waals surface area (Å²) in [5.74, 6) is -3.74. The fourth-order valence-electron chi connectivity index (χ4n) is 1.06. The number of hydrogen-bond donors (Lipinski definition) is 4. The molecular weight excluding hydrogens is 392 g/mol. The van der Waals surface area contributed by atoms with E-state index in [0.717, 1.165) is 0 Å². The maximum Gasteiger partial charge on any atom is 0.330 e. The molecule has 8 nitrogen and oxygen atoms in total. The molecule has 1 rings (SSSR count). The van der Waals surface area contributed by atoms with Crippen molar-refractivity contribution in [3.63, 3.8) is 0 Å². The van der Waals surface area contributed by atoms with Crippen molar-refractivity contribution in [3.05, 3.63) is 48.6 Å². The predicted octanol–water partition coefficient (Wildman–Crippen LogP) is 4.93. The molecule has 1 aliphatic carbocycles. The number of rotatable bonds is 4. The second-order valence-electron chi connectivity index (χ2n) is 6.46. The van der Waals surface area contributed by atoms with E-state index in [9.17, 15) is 19.2 Å². The van der Waals surface area contributed by atoms with Crippen LogP contribution in [-0.4, -0.2) is 44.3 Å². The van der Waals surface area contributed by atoms with Crippen molar-refractivity contribution in [2.75, 3.05) is 0 Å². The highest BCUT2D eigenvalue weighted by atomic mass is 16.4. The first-order chi connectivity index (χ1) is 13.6. The summed E-state index contributed by atoms with van der Waals surface area (Å²) < 4.78 is 0. The quantitative estimate of drug-likeness (QED) is 0.460. The van der Waals surface area contributed by atoms with Crippen LogP contribution in [0.15, 0.2) is 48.6 Å². The van der Waals surface area contributed by atoms with Gasteiger partial charge in [0.2, 0.25) is 0 Å². The van der Waals surface area contributed by atoms with Gasteiger partial charge in [-0.15, -0.1) is 0 Å². The van der Waals surface area contributed by atoms with Crippen molar-refractivity contribution in [2.45, 2.75) is 66.2 Å². The molecule has 30 heavy (non-hydrogen) atoms. The van der Waals surface area contributed by atoms with Crippen molar-refractivity contribution >= 4 is 23.9 Å². The van der Waals surface area contributed by atoms with E-state index in [1.165, 1.54) is 66.2 Å². The van der Waals surface area contributed by atoms with Gasteiger partial charge in [0.05, 0.1) is 0 Å². The van der Waals surface area contributed by atoms with E-state index in [4.69, 9.17) is 20.4 Å². The van der Waals surface area contributed by atoms with Gasteiger partial charge in [-0.05, 0) is 27.7 Å². The molecule has 0 amide bonds. The van der Waals surface area contributed by atoms with Crippen LogP contribution in [0.3, 0.4) is 0 Å². The Bertz CT molecular complexity index is 455. The smallest absolute Gasteiger partial charge is 0.330 e. The van der Waals surface area contributed by atoms with Gasteiger partial charge in [-0.2, -0.15) is 0 Å². The summed E-state index contributed by atoms with van der Waals surface area (Å²) >= 11 is 0. The highest BCUT2D eigenvalue weighted by molar-refractivity contribution is 5.85. The first-order valence-corrected chi connectivity index (χ1v) is 9.13. The van der Waals surface area contributed by atoms with Gasteiger partial charge in [0, 0.05) is 22.3 Å². The molecule has 4 N–H and O–H groups in total. The van der Waals surface area contributed by atoms with E-state index in [-0.39, 0.29) is 22.3 Å². The summed E-state index contributed by atoms with van der Waals surface area (Å²) in [6.07, 6.45) is 9.00. The third-order valence-electron chi connectivity index (χ3n) is 2.96. The number of hydrogen-bond acceptors (Lipinski definition) is 4. The second-order valence-corrected chi connectivity index (χ2v) is 6.46. The zero-order valence-electron chi connectivity index (χ0n) is 18.5. The number of aliphatic carboxylic acids is 4. The van der Waals surface area contributed by atoms with Gasteiger partial charge in [-0.3, -0.25) is 0 Å². The fourth-order valence-corrected chi connectivity index (χ4v) is 1.06. The normalized spacial score (nSPS) is 10.8. The van der Waals surface area contributed by atoms with Gasteiger partial charge in [0.15, 0.2) is 0 Å². The first kappa shape index (κ1) is 34.4. The molecule has 0 aliphatic heterocycles. The minimum absolute atomic E-state index is 0.176. The molecule has 0 aromatic heterocycles. The lowest BCUT2D eigenvalue weighted by Gasteiger charge is -2.05. The zero-order valence-corrected chi connectivity index (χ0v) is 18.5. The largest absolute Gasteiger partial charge is 0.478 e. The molecule has 0 spiro atoms. The van der Waals surface area contributed by atoms with Crippen LogP contribution < -0.4 is 0 Å².